The van der Waals surface area contributed by atoms with Crippen LogP contribution < -0.4 is 11.1 Å². The average molecular weight is 215 g/mol. The zero-order chi connectivity index (χ0) is 11.5. The number of nitrogens with two attached hydrogens (primary N) is 1. The zero-order valence-corrected chi connectivity index (χ0v) is 10.00. The molecule has 0 aromatic carbocycles. The molecular weight excluding hydrogens is 190 g/mol. The largest absolute Gasteiger partial charge is 0.409 e. The monoisotopic (exact) mass is 215 g/mol. The van der Waals surface area contributed by atoms with Gasteiger partial charge in [-0.05, 0) is 18.9 Å². The summed E-state index contributed by atoms with van der Waals surface area (Å²) in [5, 5.41) is 14.3. The fourth-order valence-corrected chi connectivity index (χ4v) is 1.41. The van der Waals surface area contributed by atoms with E-state index < -0.39 is 0 Å². The molecule has 0 spiro atoms. The van der Waals surface area contributed by atoms with Gasteiger partial charge in [-0.25, -0.2) is 0 Å². The van der Waals surface area contributed by atoms with Crippen molar-refractivity contribution in [3.8, 4) is 0 Å². The second kappa shape index (κ2) is 9.77. The van der Waals surface area contributed by atoms with Gasteiger partial charge in [0.15, 0.2) is 5.84 Å². The lowest BCUT2D eigenvalue weighted by molar-refractivity contribution is 0.317. The molecule has 4 nitrogen and oxygen atoms in total. The van der Waals surface area contributed by atoms with Crippen molar-refractivity contribution < 1.29 is 5.21 Å². The SMILES string of the molecule is CC(C)CCCCCCNCC(N)=NO. The van der Waals surface area contributed by atoms with E-state index in [1.807, 2.05) is 0 Å². The number of nitrogens with zero attached hydrogens (tertiary/aromatic N) is 1. The van der Waals surface area contributed by atoms with Crippen molar-refractivity contribution in [1.82, 2.24) is 5.32 Å². The van der Waals surface area contributed by atoms with Gasteiger partial charge in [0.25, 0.3) is 0 Å². The first kappa shape index (κ1) is 14.2. The van der Waals surface area contributed by atoms with Crippen LogP contribution in [0.15, 0.2) is 5.16 Å². The molecule has 0 amide bonds. The molecule has 0 radical (unpaired) electrons. The second-order valence-corrected chi connectivity index (χ2v) is 4.36. The standard InChI is InChI=1S/C11H25N3O/c1-10(2)7-5-3-4-6-8-13-9-11(12)14-15/h10,13,15H,3-9H2,1-2H3,(H2,12,14). The minimum absolute atomic E-state index is 0.245. The van der Waals surface area contributed by atoms with Crippen LogP contribution in [0.4, 0.5) is 0 Å². The lowest BCUT2D eigenvalue weighted by atomic mass is 10.0. The molecule has 0 bridgehead atoms. The van der Waals surface area contributed by atoms with E-state index in [-0.39, 0.29) is 5.84 Å². The minimum atomic E-state index is 0.245. The number of oxime groups is 1. The molecule has 0 heterocycles. The van der Waals surface area contributed by atoms with Crippen LogP contribution in [0.5, 0.6) is 0 Å². The Balaban J connectivity index is 3.05. The summed E-state index contributed by atoms with van der Waals surface area (Å²) in [4.78, 5) is 0. The van der Waals surface area contributed by atoms with Crippen molar-refractivity contribution in [2.45, 2.75) is 46.0 Å². The number of amidine groups is 1. The van der Waals surface area contributed by atoms with Gasteiger partial charge in [-0.1, -0.05) is 44.7 Å². The van der Waals surface area contributed by atoms with Gasteiger partial charge in [0.2, 0.25) is 0 Å². The van der Waals surface area contributed by atoms with Gasteiger partial charge >= 0.3 is 0 Å². The van der Waals surface area contributed by atoms with Crippen LogP contribution in [-0.4, -0.2) is 24.1 Å². The summed E-state index contributed by atoms with van der Waals surface area (Å²) in [5.74, 6) is 1.07. The molecule has 0 aliphatic rings. The Kier molecular flexibility index (Phi) is 9.27. The molecule has 0 aliphatic carbocycles. The maximum Gasteiger partial charge on any atom is 0.153 e. The van der Waals surface area contributed by atoms with Crippen LogP contribution in [0, 0.1) is 5.92 Å². The van der Waals surface area contributed by atoms with E-state index in [1.54, 1.807) is 0 Å². The molecule has 0 saturated carbocycles. The number of unbranched alkanes of at least 4 members (excludes halogenated alkanes) is 3. The highest BCUT2D eigenvalue weighted by molar-refractivity contribution is 5.81. The van der Waals surface area contributed by atoms with E-state index in [9.17, 15) is 0 Å². The van der Waals surface area contributed by atoms with Crippen molar-refractivity contribution in [3.05, 3.63) is 0 Å². The molecule has 4 heteroatoms. The summed E-state index contributed by atoms with van der Waals surface area (Å²) in [6.45, 7) is 5.94. The first-order chi connectivity index (χ1) is 7.16. The maximum absolute atomic E-state index is 8.28. The molecule has 0 aliphatic heterocycles. The van der Waals surface area contributed by atoms with E-state index in [0.29, 0.717) is 6.54 Å². The highest BCUT2D eigenvalue weighted by Crippen LogP contribution is 2.08. The number of rotatable bonds is 9. The Hall–Kier alpha value is -0.770. The zero-order valence-electron chi connectivity index (χ0n) is 10.00. The van der Waals surface area contributed by atoms with E-state index >= 15 is 0 Å². The molecule has 15 heavy (non-hydrogen) atoms. The van der Waals surface area contributed by atoms with Crippen molar-refractivity contribution in [2.24, 2.45) is 16.8 Å². The van der Waals surface area contributed by atoms with Crippen molar-refractivity contribution in [2.75, 3.05) is 13.1 Å². The third-order valence-electron chi connectivity index (χ3n) is 2.32. The van der Waals surface area contributed by atoms with Gasteiger partial charge in [0.05, 0.1) is 6.54 Å². The van der Waals surface area contributed by atoms with Crippen molar-refractivity contribution in [1.29, 1.82) is 0 Å². The lowest BCUT2D eigenvalue weighted by Gasteiger charge is -2.05. The van der Waals surface area contributed by atoms with E-state index in [4.69, 9.17) is 10.9 Å². The maximum atomic E-state index is 8.28. The highest BCUT2D eigenvalue weighted by atomic mass is 16.4. The van der Waals surface area contributed by atoms with E-state index in [2.05, 4.69) is 24.3 Å². The molecule has 0 aromatic rings. The third kappa shape index (κ3) is 11.2. The highest BCUT2D eigenvalue weighted by Gasteiger charge is 1.95. The van der Waals surface area contributed by atoms with Gasteiger partial charge in [-0.2, -0.15) is 0 Å². The first-order valence-electron chi connectivity index (χ1n) is 5.84. The molecule has 0 unspecified atom stereocenters. The Bertz CT molecular complexity index is 169. The quantitative estimate of drug-likeness (QED) is 0.181. The molecule has 0 saturated heterocycles. The van der Waals surface area contributed by atoms with Gasteiger partial charge < -0.3 is 16.3 Å². The van der Waals surface area contributed by atoms with Gasteiger partial charge in [-0.3, -0.25) is 0 Å². The summed E-state index contributed by atoms with van der Waals surface area (Å²) in [6, 6.07) is 0. The van der Waals surface area contributed by atoms with Crippen LogP contribution >= 0.6 is 0 Å². The normalized spacial score (nSPS) is 12.3. The predicted molar refractivity (Wildman–Crippen MR) is 64.2 cm³/mol. The van der Waals surface area contributed by atoms with Crippen LogP contribution in [0.1, 0.15) is 46.0 Å². The Morgan fingerprint density at radius 2 is 1.93 bits per heavy atom. The van der Waals surface area contributed by atoms with Gasteiger partial charge in [0, 0.05) is 0 Å². The third-order valence-corrected chi connectivity index (χ3v) is 2.32. The average Bonchev–Trinajstić information content (AvgIpc) is 2.21. The molecular formula is C11H25N3O. The smallest absolute Gasteiger partial charge is 0.153 e. The molecule has 0 aromatic heterocycles. The summed E-state index contributed by atoms with van der Waals surface area (Å²) in [7, 11) is 0. The Morgan fingerprint density at radius 3 is 2.53 bits per heavy atom. The molecule has 0 fully saturated rings. The Morgan fingerprint density at radius 1 is 1.27 bits per heavy atom. The van der Waals surface area contributed by atoms with E-state index in [1.165, 1.54) is 25.7 Å². The lowest BCUT2D eigenvalue weighted by Crippen LogP contribution is -2.29. The van der Waals surface area contributed by atoms with Crippen LogP contribution in [-0.2, 0) is 0 Å². The number of hydrogen-bond donors (Lipinski definition) is 3. The number of hydrogen-bond acceptors (Lipinski definition) is 3. The molecule has 0 atom stereocenters. The summed E-state index contributed by atoms with van der Waals surface area (Å²) in [6.07, 6.45) is 6.39. The topological polar surface area (TPSA) is 70.6 Å². The molecule has 4 N–H and O–H groups in total. The fraction of sp³-hybridized carbons (Fsp3) is 0.909. The number of nitrogens with one attached hydrogen (secondary N) is 1. The van der Waals surface area contributed by atoms with Crippen molar-refractivity contribution in [3.63, 3.8) is 0 Å². The molecule has 0 rings (SSSR count). The van der Waals surface area contributed by atoms with Crippen LogP contribution in [0.3, 0.4) is 0 Å². The predicted octanol–water partition coefficient (Wildman–Crippen LogP) is 1.93. The van der Waals surface area contributed by atoms with E-state index in [0.717, 1.165) is 18.9 Å². The summed E-state index contributed by atoms with van der Waals surface area (Å²) < 4.78 is 0. The first-order valence-corrected chi connectivity index (χ1v) is 5.84. The molecule has 90 valence electrons. The summed E-state index contributed by atoms with van der Waals surface area (Å²) >= 11 is 0. The van der Waals surface area contributed by atoms with Crippen LogP contribution in [0.2, 0.25) is 0 Å². The van der Waals surface area contributed by atoms with Crippen molar-refractivity contribution >= 4 is 5.84 Å². The Labute approximate surface area is 92.9 Å². The summed E-state index contributed by atoms with van der Waals surface area (Å²) in [5.41, 5.74) is 5.31. The second-order valence-electron chi connectivity index (χ2n) is 4.36. The van der Waals surface area contributed by atoms with Crippen LogP contribution in [0.25, 0.3) is 0 Å². The van der Waals surface area contributed by atoms with Gasteiger partial charge in [0.1, 0.15) is 0 Å². The fourth-order valence-electron chi connectivity index (χ4n) is 1.41. The minimum Gasteiger partial charge on any atom is -0.409 e. The van der Waals surface area contributed by atoms with Gasteiger partial charge in [-0.15, -0.1) is 0 Å².